The number of rotatable bonds is 5. The van der Waals surface area contributed by atoms with Crippen LogP contribution in [0.1, 0.15) is 19.3 Å². The highest BCUT2D eigenvalue weighted by Crippen LogP contribution is 2.34. The zero-order valence-electron chi connectivity index (χ0n) is 8.30. The van der Waals surface area contributed by atoms with E-state index >= 15 is 0 Å². The smallest absolute Gasteiger partial charge is 0.329 e. The van der Waals surface area contributed by atoms with E-state index in [0.29, 0.717) is 0 Å². The fraction of sp³-hybridized carbons (Fsp3) is 0.889. The molecule has 3 nitrogen and oxygen atoms in total. The quantitative estimate of drug-likeness (QED) is 0.760. The van der Waals surface area contributed by atoms with E-state index in [4.69, 9.17) is 11.0 Å². The lowest BCUT2D eigenvalue weighted by molar-refractivity contribution is -0.182. The zero-order valence-corrected chi connectivity index (χ0v) is 8.30. The van der Waals surface area contributed by atoms with Gasteiger partial charge in [0.1, 0.15) is 6.04 Å². The molecule has 0 aromatic rings. The first-order valence-electron chi connectivity index (χ1n) is 4.90. The molecular weight excluding hydrogens is 207 g/mol. The molecule has 0 aromatic heterocycles. The highest BCUT2D eigenvalue weighted by molar-refractivity contribution is 4.93. The van der Waals surface area contributed by atoms with Crippen molar-refractivity contribution < 1.29 is 13.2 Å². The van der Waals surface area contributed by atoms with Crippen LogP contribution in [0.5, 0.6) is 0 Å². The van der Waals surface area contributed by atoms with Crippen LogP contribution in [0.25, 0.3) is 0 Å². The molecule has 1 unspecified atom stereocenters. The van der Waals surface area contributed by atoms with E-state index in [9.17, 15) is 13.2 Å². The van der Waals surface area contributed by atoms with Crippen molar-refractivity contribution >= 4 is 0 Å². The summed E-state index contributed by atoms with van der Waals surface area (Å²) in [5, 5.41) is 8.39. The van der Waals surface area contributed by atoms with E-state index in [1.807, 2.05) is 6.07 Å². The van der Waals surface area contributed by atoms with Gasteiger partial charge < -0.3 is 5.73 Å². The van der Waals surface area contributed by atoms with Crippen LogP contribution < -0.4 is 5.73 Å². The maximum atomic E-state index is 12.6. The Kier molecular flexibility index (Phi) is 3.94. The number of nitriles is 1. The molecule has 1 fully saturated rings. The van der Waals surface area contributed by atoms with Crippen molar-refractivity contribution in [3.05, 3.63) is 0 Å². The summed E-state index contributed by atoms with van der Waals surface area (Å²) in [6.07, 6.45) is -2.63. The molecule has 15 heavy (non-hydrogen) atoms. The van der Waals surface area contributed by atoms with Gasteiger partial charge in [0.15, 0.2) is 0 Å². The van der Waals surface area contributed by atoms with Crippen LogP contribution in [-0.4, -0.2) is 36.2 Å². The van der Waals surface area contributed by atoms with Gasteiger partial charge in [-0.1, -0.05) is 0 Å². The maximum Gasteiger partial charge on any atom is 0.405 e. The molecule has 1 atom stereocenters. The topological polar surface area (TPSA) is 53.0 Å². The van der Waals surface area contributed by atoms with Crippen molar-refractivity contribution in [2.45, 2.75) is 37.5 Å². The summed E-state index contributed by atoms with van der Waals surface area (Å²) in [6, 6.07) is 0.229. The molecule has 0 amide bonds. The van der Waals surface area contributed by atoms with E-state index in [1.54, 1.807) is 0 Å². The van der Waals surface area contributed by atoms with Gasteiger partial charge in [-0.2, -0.15) is 18.4 Å². The molecule has 0 heterocycles. The summed E-state index contributed by atoms with van der Waals surface area (Å²) in [4.78, 5) is 1.32. The van der Waals surface area contributed by atoms with Crippen molar-refractivity contribution in [1.82, 2.24) is 4.90 Å². The van der Waals surface area contributed by atoms with Crippen LogP contribution in [0.4, 0.5) is 13.2 Å². The SMILES string of the molecule is N#CCCN(C1CC1)C(CN)C(F)(F)F. The van der Waals surface area contributed by atoms with Gasteiger partial charge in [0.25, 0.3) is 0 Å². The Morgan fingerprint density at radius 3 is 2.40 bits per heavy atom. The minimum absolute atomic E-state index is 0.0338. The van der Waals surface area contributed by atoms with Gasteiger partial charge in [-0.25, -0.2) is 0 Å². The van der Waals surface area contributed by atoms with Gasteiger partial charge in [-0.3, -0.25) is 4.90 Å². The van der Waals surface area contributed by atoms with Crippen LogP contribution in [-0.2, 0) is 0 Å². The van der Waals surface area contributed by atoms with Crippen molar-refractivity contribution in [3.8, 4) is 6.07 Å². The summed E-state index contributed by atoms with van der Waals surface area (Å²) in [7, 11) is 0. The van der Waals surface area contributed by atoms with E-state index in [0.717, 1.165) is 12.8 Å². The molecule has 0 radical (unpaired) electrons. The second-order valence-corrected chi connectivity index (χ2v) is 3.67. The van der Waals surface area contributed by atoms with Crippen molar-refractivity contribution in [3.63, 3.8) is 0 Å². The van der Waals surface area contributed by atoms with E-state index < -0.39 is 18.8 Å². The lowest BCUT2D eigenvalue weighted by Gasteiger charge is -2.31. The highest BCUT2D eigenvalue weighted by atomic mass is 19.4. The Morgan fingerprint density at radius 1 is 1.47 bits per heavy atom. The molecule has 2 N–H and O–H groups in total. The zero-order chi connectivity index (χ0) is 11.5. The Balaban J connectivity index is 2.63. The van der Waals surface area contributed by atoms with Gasteiger partial charge in [-0.05, 0) is 12.8 Å². The summed E-state index contributed by atoms with van der Waals surface area (Å²) in [6.45, 7) is -0.284. The highest BCUT2D eigenvalue weighted by Gasteiger charge is 2.46. The number of hydrogen-bond acceptors (Lipinski definition) is 3. The summed E-state index contributed by atoms with van der Waals surface area (Å²) in [5.74, 6) is 0. The Labute approximate surface area is 86.6 Å². The van der Waals surface area contributed by atoms with Crippen LogP contribution in [0, 0.1) is 11.3 Å². The lowest BCUT2D eigenvalue weighted by atomic mass is 10.2. The molecule has 0 aliphatic heterocycles. The molecule has 1 saturated carbocycles. The number of halogens is 3. The van der Waals surface area contributed by atoms with Crippen LogP contribution >= 0.6 is 0 Å². The van der Waals surface area contributed by atoms with Gasteiger partial charge in [0.2, 0.25) is 0 Å². The summed E-state index contributed by atoms with van der Waals surface area (Å²) < 4.78 is 37.7. The molecule has 1 aliphatic rings. The molecule has 1 aliphatic carbocycles. The van der Waals surface area contributed by atoms with Gasteiger partial charge >= 0.3 is 6.18 Å². The molecule has 0 spiro atoms. The summed E-state index contributed by atoms with van der Waals surface area (Å²) in [5.41, 5.74) is 5.15. The van der Waals surface area contributed by atoms with Gasteiger partial charge in [-0.15, -0.1) is 0 Å². The van der Waals surface area contributed by atoms with Crippen molar-refractivity contribution in [2.24, 2.45) is 5.73 Å². The standard InChI is InChI=1S/C9H14F3N3/c10-9(11,12)8(6-14)15(5-1-4-13)7-2-3-7/h7-8H,1-3,5-6,14H2. The molecular formula is C9H14F3N3. The van der Waals surface area contributed by atoms with Gasteiger partial charge in [0.05, 0.1) is 6.07 Å². The first-order chi connectivity index (χ1) is 7.00. The van der Waals surface area contributed by atoms with E-state index in [-0.39, 0.29) is 19.0 Å². The predicted molar refractivity (Wildman–Crippen MR) is 48.9 cm³/mol. The fourth-order valence-corrected chi connectivity index (χ4v) is 1.64. The Bertz CT molecular complexity index is 242. The third-order valence-electron chi connectivity index (χ3n) is 2.50. The molecule has 0 saturated heterocycles. The third-order valence-corrected chi connectivity index (χ3v) is 2.50. The first-order valence-corrected chi connectivity index (χ1v) is 4.90. The number of alkyl halides is 3. The monoisotopic (exact) mass is 221 g/mol. The van der Waals surface area contributed by atoms with Crippen LogP contribution in [0.3, 0.4) is 0 Å². The minimum atomic E-state index is -4.30. The van der Waals surface area contributed by atoms with Crippen molar-refractivity contribution in [2.75, 3.05) is 13.1 Å². The largest absolute Gasteiger partial charge is 0.405 e. The average molecular weight is 221 g/mol. The molecule has 6 heteroatoms. The van der Waals surface area contributed by atoms with Crippen LogP contribution in [0.15, 0.2) is 0 Å². The van der Waals surface area contributed by atoms with E-state index in [1.165, 1.54) is 4.90 Å². The molecule has 86 valence electrons. The summed E-state index contributed by atoms with van der Waals surface area (Å²) >= 11 is 0. The second kappa shape index (κ2) is 4.81. The number of hydrogen-bond donors (Lipinski definition) is 1. The van der Waals surface area contributed by atoms with Crippen LogP contribution in [0.2, 0.25) is 0 Å². The fourth-order valence-electron chi connectivity index (χ4n) is 1.64. The molecule has 0 aromatic carbocycles. The van der Waals surface area contributed by atoms with Gasteiger partial charge in [0, 0.05) is 25.6 Å². The Hall–Kier alpha value is -0.800. The number of nitrogens with two attached hydrogens (primary N) is 1. The van der Waals surface area contributed by atoms with E-state index in [2.05, 4.69) is 0 Å². The second-order valence-electron chi connectivity index (χ2n) is 3.67. The maximum absolute atomic E-state index is 12.6. The van der Waals surface area contributed by atoms with Crippen molar-refractivity contribution in [1.29, 1.82) is 5.26 Å². The third kappa shape index (κ3) is 3.36. The molecule has 0 bridgehead atoms. The minimum Gasteiger partial charge on any atom is -0.329 e. The Morgan fingerprint density at radius 2 is 2.07 bits per heavy atom. The molecule has 1 rings (SSSR count). The number of nitrogens with zero attached hydrogens (tertiary/aromatic N) is 2. The first kappa shape index (κ1) is 12.3. The predicted octanol–water partition coefficient (Wildman–Crippen LogP) is 1.25. The average Bonchev–Trinajstić information content (AvgIpc) is 2.93. The lowest BCUT2D eigenvalue weighted by Crippen LogP contribution is -2.51. The normalized spacial score (nSPS) is 18.9.